The van der Waals surface area contributed by atoms with E-state index in [1.54, 1.807) is 26.3 Å². The Bertz CT molecular complexity index is 518. The molecule has 0 bridgehead atoms. The van der Waals surface area contributed by atoms with Crippen LogP contribution < -0.4 is 15.4 Å². The molecular formula is C15H21N3O2. The van der Waals surface area contributed by atoms with Crippen LogP contribution in [-0.4, -0.2) is 26.6 Å². The molecule has 0 aliphatic heterocycles. The predicted octanol–water partition coefficient (Wildman–Crippen LogP) is 1.43. The van der Waals surface area contributed by atoms with Gasteiger partial charge in [0.05, 0.1) is 18.1 Å². The molecule has 1 aromatic carbocycles. The minimum Gasteiger partial charge on any atom is -0.495 e. The van der Waals surface area contributed by atoms with Gasteiger partial charge in [-0.25, -0.2) is 0 Å². The standard InChI is InChI=1S/C15H21N3O2/c1-15(2,14(19)17-3)10-18-9-11-5-6-13(20-4)12(7-11)8-16/h5-7,18H,9-10H2,1-4H3,(H,17,19). The van der Waals surface area contributed by atoms with Crippen LogP contribution in [0.2, 0.25) is 0 Å². The molecule has 0 aliphatic carbocycles. The lowest BCUT2D eigenvalue weighted by Crippen LogP contribution is -2.41. The number of rotatable bonds is 6. The smallest absolute Gasteiger partial charge is 0.226 e. The number of carbonyl (C=O) groups excluding carboxylic acids is 1. The molecule has 20 heavy (non-hydrogen) atoms. The number of hydrogen-bond donors (Lipinski definition) is 2. The van der Waals surface area contributed by atoms with Gasteiger partial charge in [-0.05, 0) is 31.5 Å². The fraction of sp³-hybridized carbons (Fsp3) is 0.467. The van der Waals surface area contributed by atoms with E-state index in [1.807, 2.05) is 19.9 Å². The van der Waals surface area contributed by atoms with E-state index in [0.29, 0.717) is 24.4 Å². The van der Waals surface area contributed by atoms with Crippen LogP contribution in [0.3, 0.4) is 0 Å². The Labute approximate surface area is 119 Å². The van der Waals surface area contributed by atoms with Gasteiger partial charge in [-0.15, -0.1) is 0 Å². The molecule has 0 heterocycles. The fourth-order valence-electron chi connectivity index (χ4n) is 1.89. The number of nitriles is 1. The fourth-order valence-corrected chi connectivity index (χ4v) is 1.89. The highest BCUT2D eigenvalue weighted by Crippen LogP contribution is 2.19. The van der Waals surface area contributed by atoms with Crippen molar-refractivity contribution in [3.8, 4) is 11.8 Å². The number of nitrogens with one attached hydrogen (secondary N) is 2. The Kier molecular flexibility index (Phi) is 5.53. The molecular weight excluding hydrogens is 254 g/mol. The van der Waals surface area contributed by atoms with Crippen LogP contribution in [0.15, 0.2) is 18.2 Å². The minimum absolute atomic E-state index is 0.00237. The van der Waals surface area contributed by atoms with Gasteiger partial charge in [-0.3, -0.25) is 4.79 Å². The number of nitrogens with zero attached hydrogens (tertiary/aromatic N) is 1. The maximum atomic E-state index is 11.6. The third-order valence-corrected chi connectivity index (χ3v) is 3.12. The zero-order valence-electron chi connectivity index (χ0n) is 12.4. The van der Waals surface area contributed by atoms with Crippen LogP contribution in [0.5, 0.6) is 5.75 Å². The van der Waals surface area contributed by atoms with Gasteiger partial charge in [-0.1, -0.05) is 6.07 Å². The molecule has 0 aromatic heterocycles. The molecule has 0 fully saturated rings. The normalized spacial score (nSPS) is 10.8. The summed E-state index contributed by atoms with van der Waals surface area (Å²) in [5.41, 5.74) is 1.02. The monoisotopic (exact) mass is 275 g/mol. The van der Waals surface area contributed by atoms with E-state index in [4.69, 9.17) is 10.00 Å². The molecule has 1 rings (SSSR count). The molecule has 0 aliphatic rings. The van der Waals surface area contributed by atoms with Crippen molar-refractivity contribution in [1.82, 2.24) is 10.6 Å². The number of amides is 1. The van der Waals surface area contributed by atoms with Crippen molar-refractivity contribution in [3.63, 3.8) is 0 Å². The highest BCUT2D eigenvalue weighted by molar-refractivity contribution is 5.81. The van der Waals surface area contributed by atoms with E-state index in [0.717, 1.165) is 5.56 Å². The van der Waals surface area contributed by atoms with Gasteiger partial charge in [0.2, 0.25) is 5.91 Å². The van der Waals surface area contributed by atoms with E-state index in [1.165, 1.54) is 0 Å². The Balaban J connectivity index is 2.63. The van der Waals surface area contributed by atoms with Crippen molar-refractivity contribution in [1.29, 1.82) is 5.26 Å². The molecule has 0 saturated heterocycles. The van der Waals surface area contributed by atoms with Crippen molar-refractivity contribution in [2.24, 2.45) is 5.41 Å². The predicted molar refractivity (Wildman–Crippen MR) is 77.3 cm³/mol. The first-order chi connectivity index (χ1) is 9.44. The lowest BCUT2D eigenvalue weighted by atomic mass is 9.92. The topological polar surface area (TPSA) is 74.2 Å². The molecule has 0 saturated carbocycles. The zero-order valence-corrected chi connectivity index (χ0v) is 12.4. The van der Waals surface area contributed by atoms with Crippen LogP contribution in [0.1, 0.15) is 25.0 Å². The molecule has 1 aromatic rings. The number of ether oxygens (including phenoxy) is 1. The van der Waals surface area contributed by atoms with Crippen molar-refractivity contribution < 1.29 is 9.53 Å². The number of methoxy groups -OCH3 is 1. The zero-order chi connectivity index (χ0) is 15.2. The number of hydrogen-bond acceptors (Lipinski definition) is 4. The van der Waals surface area contributed by atoms with E-state index >= 15 is 0 Å². The Morgan fingerprint density at radius 3 is 2.70 bits per heavy atom. The van der Waals surface area contributed by atoms with Gasteiger partial charge in [-0.2, -0.15) is 5.26 Å². The summed E-state index contributed by atoms with van der Waals surface area (Å²) in [5, 5.41) is 14.9. The summed E-state index contributed by atoms with van der Waals surface area (Å²) in [5.74, 6) is 0.569. The van der Waals surface area contributed by atoms with Gasteiger partial charge in [0, 0.05) is 20.1 Å². The summed E-state index contributed by atoms with van der Waals surface area (Å²) in [6.45, 7) is 4.92. The number of carbonyl (C=O) groups is 1. The van der Waals surface area contributed by atoms with Gasteiger partial charge in [0.15, 0.2) is 0 Å². The summed E-state index contributed by atoms with van der Waals surface area (Å²) in [4.78, 5) is 11.6. The maximum Gasteiger partial charge on any atom is 0.226 e. The Morgan fingerprint density at radius 2 is 2.15 bits per heavy atom. The minimum atomic E-state index is -0.473. The van der Waals surface area contributed by atoms with Crippen molar-refractivity contribution in [2.75, 3.05) is 20.7 Å². The van der Waals surface area contributed by atoms with E-state index in [-0.39, 0.29) is 5.91 Å². The molecule has 2 N–H and O–H groups in total. The largest absolute Gasteiger partial charge is 0.495 e. The second-order valence-corrected chi connectivity index (χ2v) is 5.21. The number of benzene rings is 1. The van der Waals surface area contributed by atoms with Crippen molar-refractivity contribution in [2.45, 2.75) is 20.4 Å². The van der Waals surface area contributed by atoms with E-state index in [9.17, 15) is 4.79 Å². The average Bonchev–Trinajstić information content (AvgIpc) is 2.45. The van der Waals surface area contributed by atoms with Crippen molar-refractivity contribution >= 4 is 5.91 Å². The quantitative estimate of drug-likeness (QED) is 0.823. The molecule has 108 valence electrons. The lowest BCUT2D eigenvalue weighted by Gasteiger charge is -2.23. The summed E-state index contributed by atoms with van der Waals surface area (Å²) in [7, 11) is 3.17. The summed E-state index contributed by atoms with van der Waals surface area (Å²) < 4.78 is 5.10. The second-order valence-electron chi connectivity index (χ2n) is 5.21. The first-order valence-electron chi connectivity index (χ1n) is 6.44. The first-order valence-corrected chi connectivity index (χ1v) is 6.44. The van der Waals surface area contributed by atoms with E-state index in [2.05, 4.69) is 16.7 Å². The Hall–Kier alpha value is -2.06. The highest BCUT2D eigenvalue weighted by atomic mass is 16.5. The Morgan fingerprint density at radius 1 is 1.45 bits per heavy atom. The molecule has 0 atom stereocenters. The molecule has 5 heteroatoms. The van der Waals surface area contributed by atoms with Crippen LogP contribution in [0.25, 0.3) is 0 Å². The maximum absolute atomic E-state index is 11.6. The third kappa shape index (κ3) is 3.97. The average molecular weight is 275 g/mol. The van der Waals surface area contributed by atoms with Gasteiger partial charge in [0.1, 0.15) is 11.8 Å². The third-order valence-electron chi connectivity index (χ3n) is 3.12. The van der Waals surface area contributed by atoms with Gasteiger partial charge < -0.3 is 15.4 Å². The van der Waals surface area contributed by atoms with Crippen LogP contribution in [0, 0.1) is 16.7 Å². The van der Waals surface area contributed by atoms with Crippen LogP contribution in [-0.2, 0) is 11.3 Å². The van der Waals surface area contributed by atoms with Crippen molar-refractivity contribution in [3.05, 3.63) is 29.3 Å². The summed E-state index contributed by atoms with van der Waals surface area (Å²) >= 11 is 0. The van der Waals surface area contributed by atoms with Crippen LogP contribution >= 0.6 is 0 Å². The molecule has 0 radical (unpaired) electrons. The van der Waals surface area contributed by atoms with E-state index < -0.39 is 5.41 Å². The molecule has 0 spiro atoms. The summed E-state index contributed by atoms with van der Waals surface area (Å²) in [6, 6.07) is 7.57. The molecule has 5 nitrogen and oxygen atoms in total. The second kappa shape index (κ2) is 6.92. The highest BCUT2D eigenvalue weighted by Gasteiger charge is 2.25. The SMILES string of the molecule is CNC(=O)C(C)(C)CNCc1ccc(OC)c(C#N)c1. The first kappa shape index (κ1) is 16.0. The summed E-state index contributed by atoms with van der Waals surface area (Å²) in [6.07, 6.45) is 0. The lowest BCUT2D eigenvalue weighted by molar-refractivity contribution is -0.128. The van der Waals surface area contributed by atoms with Gasteiger partial charge in [0.25, 0.3) is 0 Å². The molecule has 1 amide bonds. The van der Waals surface area contributed by atoms with Crippen LogP contribution in [0.4, 0.5) is 0 Å². The molecule has 0 unspecified atom stereocenters. The van der Waals surface area contributed by atoms with Gasteiger partial charge >= 0.3 is 0 Å².